The Kier molecular flexibility index (Phi) is 3.23. The minimum atomic E-state index is -1.23. The van der Waals surface area contributed by atoms with E-state index in [1.165, 1.54) is 6.33 Å². The smallest absolute Gasteiger partial charge is 0.333 e. The number of carboxylic acid groups (broad SMARTS) is 1. The average molecular weight is 243 g/mol. The molecule has 0 aliphatic carbocycles. The first-order valence-corrected chi connectivity index (χ1v) is 5.46. The van der Waals surface area contributed by atoms with Crippen molar-refractivity contribution in [2.24, 2.45) is 0 Å². The SMILES string of the molecule is CC(Nc1ccncn1)(C(=O)O)c1ccccc1. The van der Waals surface area contributed by atoms with Crippen molar-refractivity contribution in [3.63, 3.8) is 0 Å². The van der Waals surface area contributed by atoms with Crippen LogP contribution in [0.2, 0.25) is 0 Å². The fourth-order valence-electron chi connectivity index (χ4n) is 1.64. The topological polar surface area (TPSA) is 75.1 Å². The first-order valence-electron chi connectivity index (χ1n) is 5.46. The standard InChI is InChI=1S/C13H13N3O2/c1-13(12(17)18,10-5-3-2-4-6-10)16-11-7-8-14-9-15-11/h2-9H,1H3,(H,17,18)(H,14,15,16). The molecule has 1 aromatic carbocycles. The molecule has 0 aliphatic heterocycles. The molecule has 0 radical (unpaired) electrons. The summed E-state index contributed by atoms with van der Waals surface area (Å²) in [4.78, 5) is 19.3. The van der Waals surface area contributed by atoms with Gasteiger partial charge in [0.2, 0.25) is 0 Å². The Morgan fingerprint density at radius 2 is 2.00 bits per heavy atom. The van der Waals surface area contributed by atoms with Gasteiger partial charge in [-0.1, -0.05) is 30.3 Å². The van der Waals surface area contributed by atoms with E-state index in [1.54, 1.807) is 43.5 Å². The van der Waals surface area contributed by atoms with Gasteiger partial charge in [0.05, 0.1) is 0 Å². The number of benzene rings is 1. The number of rotatable bonds is 4. The summed E-state index contributed by atoms with van der Waals surface area (Å²) in [5, 5.41) is 12.4. The summed E-state index contributed by atoms with van der Waals surface area (Å²) in [6, 6.07) is 10.6. The third-order valence-electron chi connectivity index (χ3n) is 2.74. The van der Waals surface area contributed by atoms with Gasteiger partial charge in [0, 0.05) is 6.20 Å². The Balaban J connectivity index is 2.37. The highest BCUT2D eigenvalue weighted by Gasteiger charge is 2.35. The summed E-state index contributed by atoms with van der Waals surface area (Å²) in [7, 11) is 0. The molecule has 0 spiro atoms. The fourth-order valence-corrected chi connectivity index (χ4v) is 1.64. The molecule has 0 bridgehead atoms. The molecule has 0 amide bonds. The Morgan fingerprint density at radius 3 is 2.56 bits per heavy atom. The van der Waals surface area contributed by atoms with E-state index in [2.05, 4.69) is 15.3 Å². The number of hydrogen-bond acceptors (Lipinski definition) is 4. The number of hydrogen-bond donors (Lipinski definition) is 2. The van der Waals surface area contributed by atoms with Crippen molar-refractivity contribution < 1.29 is 9.90 Å². The van der Waals surface area contributed by atoms with Crippen molar-refractivity contribution in [2.75, 3.05) is 5.32 Å². The second-order valence-electron chi connectivity index (χ2n) is 4.02. The van der Waals surface area contributed by atoms with Crippen LogP contribution < -0.4 is 5.32 Å². The molecule has 92 valence electrons. The van der Waals surface area contributed by atoms with Gasteiger partial charge in [-0.15, -0.1) is 0 Å². The van der Waals surface area contributed by atoms with Crippen LogP contribution in [0.25, 0.3) is 0 Å². The number of carboxylic acids is 1. The Labute approximate surface area is 105 Å². The van der Waals surface area contributed by atoms with E-state index in [4.69, 9.17) is 0 Å². The molecule has 0 fully saturated rings. The number of carbonyl (C=O) groups is 1. The van der Waals surface area contributed by atoms with Crippen LogP contribution in [0.5, 0.6) is 0 Å². The molecule has 0 saturated heterocycles. The van der Waals surface area contributed by atoms with Gasteiger partial charge in [0.25, 0.3) is 0 Å². The Hall–Kier alpha value is -2.43. The number of nitrogens with zero attached hydrogens (tertiary/aromatic N) is 2. The molecule has 2 N–H and O–H groups in total. The average Bonchev–Trinajstić information content (AvgIpc) is 2.40. The Bertz CT molecular complexity index is 530. The highest BCUT2D eigenvalue weighted by molar-refractivity contribution is 5.83. The second kappa shape index (κ2) is 4.83. The second-order valence-corrected chi connectivity index (χ2v) is 4.02. The maximum atomic E-state index is 11.5. The molecular weight excluding hydrogens is 230 g/mol. The largest absolute Gasteiger partial charge is 0.479 e. The predicted octanol–water partition coefficient (Wildman–Crippen LogP) is 1.89. The first-order chi connectivity index (χ1) is 8.63. The lowest BCUT2D eigenvalue weighted by atomic mass is 9.92. The Morgan fingerprint density at radius 1 is 1.28 bits per heavy atom. The van der Waals surface area contributed by atoms with Crippen LogP contribution >= 0.6 is 0 Å². The van der Waals surface area contributed by atoms with Crippen LogP contribution in [-0.2, 0) is 10.3 Å². The van der Waals surface area contributed by atoms with Crippen molar-refractivity contribution >= 4 is 11.8 Å². The van der Waals surface area contributed by atoms with Crippen LogP contribution in [0, 0.1) is 0 Å². The van der Waals surface area contributed by atoms with Gasteiger partial charge in [0.1, 0.15) is 12.1 Å². The van der Waals surface area contributed by atoms with E-state index in [9.17, 15) is 9.90 Å². The first kappa shape index (κ1) is 12.0. The molecule has 1 aromatic heterocycles. The predicted molar refractivity (Wildman–Crippen MR) is 67.1 cm³/mol. The molecule has 2 rings (SSSR count). The highest BCUT2D eigenvalue weighted by Crippen LogP contribution is 2.25. The maximum absolute atomic E-state index is 11.5. The van der Waals surface area contributed by atoms with Gasteiger partial charge in [-0.25, -0.2) is 14.8 Å². The zero-order valence-corrected chi connectivity index (χ0v) is 9.87. The number of aliphatic carboxylic acids is 1. The third kappa shape index (κ3) is 2.29. The molecule has 0 aliphatic rings. The quantitative estimate of drug-likeness (QED) is 0.857. The minimum Gasteiger partial charge on any atom is -0.479 e. The van der Waals surface area contributed by atoms with Crippen molar-refractivity contribution in [1.29, 1.82) is 0 Å². The van der Waals surface area contributed by atoms with E-state index < -0.39 is 11.5 Å². The molecule has 1 heterocycles. The van der Waals surface area contributed by atoms with Crippen molar-refractivity contribution in [3.05, 3.63) is 54.5 Å². The van der Waals surface area contributed by atoms with Gasteiger partial charge in [0.15, 0.2) is 5.54 Å². The van der Waals surface area contributed by atoms with Crippen LogP contribution in [-0.4, -0.2) is 21.0 Å². The monoisotopic (exact) mass is 243 g/mol. The van der Waals surface area contributed by atoms with Crippen LogP contribution in [0.15, 0.2) is 48.9 Å². The van der Waals surface area contributed by atoms with E-state index in [0.717, 1.165) is 0 Å². The van der Waals surface area contributed by atoms with Crippen molar-refractivity contribution in [3.8, 4) is 0 Å². The molecule has 1 atom stereocenters. The number of anilines is 1. The van der Waals surface area contributed by atoms with Gasteiger partial charge < -0.3 is 10.4 Å². The molecular formula is C13H13N3O2. The molecule has 18 heavy (non-hydrogen) atoms. The fraction of sp³-hybridized carbons (Fsp3) is 0.154. The normalized spacial score (nSPS) is 13.6. The summed E-state index contributed by atoms with van der Waals surface area (Å²) >= 11 is 0. The molecule has 0 saturated carbocycles. The lowest BCUT2D eigenvalue weighted by molar-refractivity contribution is -0.142. The zero-order valence-electron chi connectivity index (χ0n) is 9.87. The third-order valence-corrected chi connectivity index (χ3v) is 2.74. The van der Waals surface area contributed by atoms with Crippen molar-refractivity contribution in [1.82, 2.24) is 9.97 Å². The maximum Gasteiger partial charge on any atom is 0.333 e. The summed E-state index contributed by atoms with van der Waals surface area (Å²) in [6.45, 7) is 1.60. The summed E-state index contributed by atoms with van der Waals surface area (Å²) in [5.41, 5.74) is -0.564. The van der Waals surface area contributed by atoms with Crippen LogP contribution in [0.4, 0.5) is 5.82 Å². The minimum absolute atomic E-state index is 0.471. The van der Waals surface area contributed by atoms with E-state index in [-0.39, 0.29) is 0 Å². The highest BCUT2D eigenvalue weighted by atomic mass is 16.4. The van der Waals surface area contributed by atoms with Gasteiger partial charge in [-0.3, -0.25) is 0 Å². The summed E-state index contributed by atoms with van der Waals surface area (Å²) in [5.74, 6) is -0.494. The van der Waals surface area contributed by atoms with E-state index in [0.29, 0.717) is 11.4 Å². The molecule has 2 aromatic rings. The molecule has 1 unspecified atom stereocenters. The summed E-state index contributed by atoms with van der Waals surface area (Å²) in [6.07, 6.45) is 2.93. The van der Waals surface area contributed by atoms with Crippen LogP contribution in [0.1, 0.15) is 12.5 Å². The van der Waals surface area contributed by atoms with Gasteiger partial charge in [-0.2, -0.15) is 0 Å². The lowest BCUT2D eigenvalue weighted by Gasteiger charge is -2.27. The lowest BCUT2D eigenvalue weighted by Crippen LogP contribution is -2.40. The molecule has 5 heteroatoms. The number of nitrogens with one attached hydrogen (secondary N) is 1. The molecule has 5 nitrogen and oxygen atoms in total. The summed E-state index contributed by atoms with van der Waals surface area (Å²) < 4.78 is 0. The van der Waals surface area contributed by atoms with E-state index >= 15 is 0 Å². The number of aromatic nitrogens is 2. The van der Waals surface area contributed by atoms with Gasteiger partial charge in [-0.05, 0) is 18.6 Å². The zero-order chi connectivity index (χ0) is 13.0. The van der Waals surface area contributed by atoms with Crippen molar-refractivity contribution in [2.45, 2.75) is 12.5 Å². The van der Waals surface area contributed by atoms with Gasteiger partial charge >= 0.3 is 5.97 Å². The van der Waals surface area contributed by atoms with Crippen LogP contribution in [0.3, 0.4) is 0 Å². The van der Waals surface area contributed by atoms with E-state index in [1.807, 2.05) is 6.07 Å².